The number of methoxy groups -OCH3 is 2. The number of hydrogen-bond acceptors (Lipinski definition) is 7. The first-order chi connectivity index (χ1) is 11.1. The zero-order valence-corrected chi connectivity index (χ0v) is 13.3. The molecule has 1 aromatic carbocycles. The molecule has 0 aliphatic carbocycles. The third-order valence-electron chi connectivity index (χ3n) is 3.20. The van der Waals surface area contributed by atoms with E-state index in [4.69, 9.17) is 24.7 Å². The van der Waals surface area contributed by atoms with E-state index >= 15 is 0 Å². The molecule has 1 heterocycles. The Kier molecular flexibility index (Phi) is 6.04. The molecule has 0 bridgehead atoms. The molecule has 0 radical (unpaired) electrons. The van der Waals surface area contributed by atoms with E-state index in [1.165, 1.54) is 14.2 Å². The smallest absolute Gasteiger partial charge is 0.255 e. The van der Waals surface area contributed by atoms with E-state index in [0.29, 0.717) is 30.5 Å². The molecule has 1 aliphatic heterocycles. The predicted octanol–water partition coefficient (Wildman–Crippen LogP) is 0.234. The molecule has 8 nitrogen and oxygen atoms in total. The highest BCUT2D eigenvalue weighted by Gasteiger charge is 2.15. The summed E-state index contributed by atoms with van der Waals surface area (Å²) in [4.78, 5) is 10.9. The van der Waals surface area contributed by atoms with Crippen LogP contribution in [0.2, 0.25) is 0 Å². The van der Waals surface area contributed by atoms with Gasteiger partial charge in [0.15, 0.2) is 18.1 Å². The van der Waals surface area contributed by atoms with Crippen LogP contribution in [-0.4, -0.2) is 64.3 Å². The van der Waals surface area contributed by atoms with Crippen molar-refractivity contribution in [2.24, 2.45) is 10.8 Å². The maximum Gasteiger partial charge on any atom is 0.255 e. The molecule has 0 saturated carbocycles. The van der Waals surface area contributed by atoms with Gasteiger partial charge < -0.3 is 24.7 Å². The largest absolute Gasteiger partial charge is 0.493 e. The zero-order valence-electron chi connectivity index (χ0n) is 13.3. The second-order valence-corrected chi connectivity index (χ2v) is 4.82. The lowest BCUT2D eigenvalue weighted by molar-refractivity contribution is -0.119. The molecule has 8 heteroatoms. The van der Waals surface area contributed by atoms with Crippen molar-refractivity contribution >= 4 is 12.1 Å². The Bertz CT molecular complexity index is 545. The Morgan fingerprint density at radius 1 is 1.30 bits per heavy atom. The minimum absolute atomic E-state index is 0.256. The molecule has 126 valence electrons. The van der Waals surface area contributed by atoms with Crippen LogP contribution in [0.15, 0.2) is 17.2 Å². The van der Waals surface area contributed by atoms with Gasteiger partial charge in [-0.2, -0.15) is 5.10 Å². The minimum Gasteiger partial charge on any atom is -0.493 e. The van der Waals surface area contributed by atoms with Crippen LogP contribution in [-0.2, 0) is 9.53 Å². The summed E-state index contributed by atoms with van der Waals surface area (Å²) in [6.45, 7) is 2.59. The molecule has 2 rings (SSSR count). The van der Waals surface area contributed by atoms with Crippen LogP contribution >= 0.6 is 0 Å². The fourth-order valence-electron chi connectivity index (χ4n) is 2.08. The second kappa shape index (κ2) is 8.23. The number of benzene rings is 1. The number of nitrogens with two attached hydrogens (primary N) is 1. The lowest BCUT2D eigenvalue weighted by atomic mass is 10.2. The quantitative estimate of drug-likeness (QED) is 0.722. The van der Waals surface area contributed by atoms with E-state index in [0.717, 1.165) is 18.7 Å². The topological polar surface area (TPSA) is 95.6 Å². The van der Waals surface area contributed by atoms with Crippen LogP contribution in [0, 0.1) is 0 Å². The van der Waals surface area contributed by atoms with Gasteiger partial charge >= 0.3 is 0 Å². The van der Waals surface area contributed by atoms with E-state index in [9.17, 15) is 4.79 Å². The van der Waals surface area contributed by atoms with Gasteiger partial charge in [-0.3, -0.25) is 9.80 Å². The van der Waals surface area contributed by atoms with Crippen LogP contribution < -0.4 is 19.9 Å². The number of nitrogens with zero attached hydrogens (tertiary/aromatic N) is 2. The Balaban J connectivity index is 2.20. The molecular formula is C15H21N3O5. The van der Waals surface area contributed by atoms with Gasteiger partial charge in [-0.1, -0.05) is 0 Å². The van der Waals surface area contributed by atoms with Crippen molar-refractivity contribution < 1.29 is 23.7 Å². The predicted molar refractivity (Wildman–Crippen MR) is 84.2 cm³/mol. The van der Waals surface area contributed by atoms with E-state index in [2.05, 4.69) is 5.10 Å². The average molecular weight is 323 g/mol. The van der Waals surface area contributed by atoms with Crippen molar-refractivity contribution in [3.05, 3.63) is 17.7 Å². The second-order valence-electron chi connectivity index (χ2n) is 4.82. The van der Waals surface area contributed by atoms with Gasteiger partial charge in [0.05, 0.1) is 46.7 Å². The van der Waals surface area contributed by atoms with Crippen molar-refractivity contribution in [2.75, 3.05) is 47.1 Å². The zero-order chi connectivity index (χ0) is 16.7. The van der Waals surface area contributed by atoms with Gasteiger partial charge in [0.1, 0.15) is 0 Å². The number of carbonyl (C=O) groups is 1. The summed E-state index contributed by atoms with van der Waals surface area (Å²) in [6, 6.07) is 3.51. The summed E-state index contributed by atoms with van der Waals surface area (Å²) in [7, 11) is 3.02. The van der Waals surface area contributed by atoms with Gasteiger partial charge in [0, 0.05) is 5.56 Å². The van der Waals surface area contributed by atoms with E-state index < -0.39 is 5.91 Å². The monoisotopic (exact) mass is 323 g/mol. The molecular weight excluding hydrogens is 302 g/mol. The van der Waals surface area contributed by atoms with Crippen molar-refractivity contribution in [2.45, 2.75) is 0 Å². The maximum absolute atomic E-state index is 10.9. The van der Waals surface area contributed by atoms with Gasteiger partial charge in [-0.25, -0.2) is 0 Å². The molecule has 0 spiro atoms. The third-order valence-corrected chi connectivity index (χ3v) is 3.20. The molecule has 1 fully saturated rings. The Hall–Kier alpha value is -2.48. The van der Waals surface area contributed by atoms with Crippen LogP contribution in [0.3, 0.4) is 0 Å². The summed E-state index contributed by atoms with van der Waals surface area (Å²) in [5.74, 6) is 0.632. The van der Waals surface area contributed by atoms with Crippen molar-refractivity contribution in [3.8, 4) is 17.2 Å². The lowest BCUT2D eigenvalue weighted by Gasteiger charge is -2.23. The summed E-state index contributed by atoms with van der Waals surface area (Å²) >= 11 is 0. The number of carbonyl (C=O) groups excluding carboxylic acids is 1. The number of primary amides is 1. The molecule has 23 heavy (non-hydrogen) atoms. The highest BCUT2D eigenvalue weighted by Crippen LogP contribution is 2.38. The van der Waals surface area contributed by atoms with Crippen LogP contribution in [0.25, 0.3) is 0 Å². The summed E-state index contributed by atoms with van der Waals surface area (Å²) in [5.41, 5.74) is 5.89. The number of amides is 1. The molecule has 1 aromatic rings. The Labute approximate surface area is 134 Å². The summed E-state index contributed by atoms with van der Waals surface area (Å²) < 4.78 is 21.2. The average Bonchev–Trinajstić information content (AvgIpc) is 2.58. The minimum atomic E-state index is -0.577. The molecule has 2 N–H and O–H groups in total. The summed E-state index contributed by atoms with van der Waals surface area (Å²) in [6.07, 6.45) is 1.72. The number of rotatable bonds is 7. The highest BCUT2D eigenvalue weighted by atomic mass is 16.5. The summed E-state index contributed by atoms with van der Waals surface area (Å²) in [5, 5.41) is 6.34. The first kappa shape index (κ1) is 16.9. The van der Waals surface area contributed by atoms with E-state index in [1.54, 1.807) is 18.3 Å². The molecule has 1 aliphatic rings. The van der Waals surface area contributed by atoms with Gasteiger partial charge in [-0.15, -0.1) is 0 Å². The van der Waals surface area contributed by atoms with E-state index in [1.807, 2.05) is 5.01 Å². The Morgan fingerprint density at radius 3 is 2.43 bits per heavy atom. The van der Waals surface area contributed by atoms with Crippen LogP contribution in [0.5, 0.6) is 17.2 Å². The first-order valence-electron chi connectivity index (χ1n) is 7.18. The van der Waals surface area contributed by atoms with Crippen molar-refractivity contribution in [1.29, 1.82) is 0 Å². The van der Waals surface area contributed by atoms with Gasteiger partial charge in [-0.05, 0) is 12.1 Å². The molecule has 0 atom stereocenters. The van der Waals surface area contributed by atoms with E-state index in [-0.39, 0.29) is 6.61 Å². The van der Waals surface area contributed by atoms with Crippen molar-refractivity contribution in [3.63, 3.8) is 0 Å². The highest BCUT2D eigenvalue weighted by molar-refractivity contribution is 5.82. The Morgan fingerprint density at radius 2 is 1.91 bits per heavy atom. The molecule has 0 aromatic heterocycles. The number of ether oxygens (including phenoxy) is 4. The SMILES string of the molecule is COc1cc(/C=N\N2CCOCC2)cc(OC)c1OCC(N)=O. The molecule has 1 amide bonds. The van der Waals surface area contributed by atoms with Crippen LogP contribution in [0.4, 0.5) is 0 Å². The van der Waals surface area contributed by atoms with Gasteiger partial charge in [0.2, 0.25) is 5.75 Å². The molecule has 1 saturated heterocycles. The maximum atomic E-state index is 10.9. The number of morpholine rings is 1. The lowest BCUT2D eigenvalue weighted by Crippen LogP contribution is -2.32. The molecule has 0 unspecified atom stereocenters. The fourth-order valence-corrected chi connectivity index (χ4v) is 2.08. The van der Waals surface area contributed by atoms with Crippen molar-refractivity contribution in [1.82, 2.24) is 5.01 Å². The first-order valence-corrected chi connectivity index (χ1v) is 7.18. The number of hydrogen-bond donors (Lipinski definition) is 1. The normalized spacial score (nSPS) is 14.8. The van der Waals surface area contributed by atoms with Crippen LogP contribution in [0.1, 0.15) is 5.56 Å². The number of hydrazone groups is 1. The third kappa shape index (κ3) is 4.75. The van der Waals surface area contributed by atoms with Gasteiger partial charge in [0.25, 0.3) is 5.91 Å². The fraction of sp³-hybridized carbons (Fsp3) is 0.467. The standard InChI is InChI=1S/C15H21N3O5/c1-20-12-7-11(9-17-18-3-5-22-6-4-18)8-13(21-2)15(12)23-10-14(16)19/h7-9H,3-6,10H2,1-2H3,(H2,16,19)/b17-9-.